The molecule has 0 spiro atoms. The normalized spacial score (nSPS) is 30.7. The second-order valence-corrected chi connectivity index (χ2v) is 6.70. The summed E-state index contributed by atoms with van der Waals surface area (Å²) in [4.78, 5) is 17.1. The molecule has 1 amide bonds. The van der Waals surface area contributed by atoms with Crippen molar-refractivity contribution in [1.82, 2.24) is 15.1 Å². The second-order valence-electron chi connectivity index (χ2n) is 6.70. The average molecular weight is 283 g/mol. The van der Waals surface area contributed by atoms with Crippen LogP contribution in [0, 0.1) is 5.92 Å². The van der Waals surface area contributed by atoms with Gasteiger partial charge in [0.05, 0.1) is 19.1 Å². The van der Waals surface area contributed by atoms with E-state index in [9.17, 15) is 4.79 Å². The van der Waals surface area contributed by atoms with Gasteiger partial charge in [0.1, 0.15) is 0 Å². The molecule has 2 rings (SSSR count). The highest BCUT2D eigenvalue weighted by molar-refractivity contribution is 5.80. The highest BCUT2D eigenvalue weighted by atomic mass is 16.5. The van der Waals surface area contributed by atoms with E-state index < -0.39 is 0 Å². The van der Waals surface area contributed by atoms with E-state index in [0.717, 1.165) is 32.6 Å². The molecule has 2 saturated heterocycles. The molecule has 0 radical (unpaired) electrons. The summed E-state index contributed by atoms with van der Waals surface area (Å²) >= 11 is 0. The first-order valence-corrected chi connectivity index (χ1v) is 7.77. The molecule has 0 bridgehead atoms. The summed E-state index contributed by atoms with van der Waals surface area (Å²) < 4.78 is 5.53. The number of piperazine rings is 1. The molecule has 1 N–H and O–H groups in total. The molecule has 2 aliphatic heterocycles. The van der Waals surface area contributed by atoms with Crippen LogP contribution in [0.5, 0.6) is 0 Å². The highest BCUT2D eigenvalue weighted by Gasteiger charge is 2.40. The van der Waals surface area contributed by atoms with Crippen LogP contribution < -0.4 is 5.32 Å². The Bertz CT molecular complexity index is 346. The van der Waals surface area contributed by atoms with E-state index in [4.69, 9.17) is 4.74 Å². The van der Waals surface area contributed by atoms with Crippen molar-refractivity contribution in [3.63, 3.8) is 0 Å². The van der Waals surface area contributed by atoms with Gasteiger partial charge in [-0.05, 0) is 33.9 Å². The molecule has 2 fully saturated rings. The Labute approximate surface area is 122 Å². The van der Waals surface area contributed by atoms with Gasteiger partial charge in [-0.25, -0.2) is 0 Å². The third-order valence-electron chi connectivity index (χ3n) is 4.68. The lowest BCUT2D eigenvalue weighted by molar-refractivity contribution is -0.140. The van der Waals surface area contributed by atoms with Gasteiger partial charge in [0, 0.05) is 31.2 Å². The Morgan fingerprint density at radius 1 is 1.35 bits per heavy atom. The SMILES string of the molecule is CCCNC1COCC1C(=O)N1CCN(C)C(C)(C)C1. The molecule has 0 aromatic carbocycles. The smallest absolute Gasteiger partial charge is 0.229 e. The summed E-state index contributed by atoms with van der Waals surface area (Å²) in [7, 11) is 2.13. The quantitative estimate of drug-likeness (QED) is 0.818. The van der Waals surface area contributed by atoms with Crippen LogP contribution in [0.2, 0.25) is 0 Å². The summed E-state index contributed by atoms with van der Waals surface area (Å²) in [5.41, 5.74) is 0.0553. The molecule has 2 atom stereocenters. The Morgan fingerprint density at radius 2 is 2.10 bits per heavy atom. The van der Waals surface area contributed by atoms with Crippen LogP contribution >= 0.6 is 0 Å². The maximum atomic E-state index is 12.8. The molecule has 20 heavy (non-hydrogen) atoms. The predicted molar refractivity (Wildman–Crippen MR) is 79.7 cm³/mol. The molecule has 5 nitrogen and oxygen atoms in total. The molecule has 0 aliphatic carbocycles. The summed E-state index contributed by atoms with van der Waals surface area (Å²) in [6, 6.07) is 0.185. The van der Waals surface area contributed by atoms with E-state index >= 15 is 0 Å². The highest BCUT2D eigenvalue weighted by Crippen LogP contribution is 2.23. The minimum absolute atomic E-state index is 0.0132. The number of hydrogen-bond acceptors (Lipinski definition) is 4. The fourth-order valence-electron chi connectivity index (χ4n) is 2.99. The zero-order valence-corrected chi connectivity index (χ0v) is 13.3. The predicted octanol–water partition coefficient (Wildman–Crippen LogP) is 0.554. The Balaban J connectivity index is 1.96. The third-order valence-corrected chi connectivity index (χ3v) is 4.68. The van der Waals surface area contributed by atoms with Gasteiger partial charge in [0.25, 0.3) is 0 Å². The first kappa shape index (κ1) is 15.7. The summed E-state index contributed by atoms with van der Waals surface area (Å²) in [6.45, 7) is 11.3. The summed E-state index contributed by atoms with van der Waals surface area (Å²) in [5, 5.41) is 3.45. The van der Waals surface area contributed by atoms with Crippen LogP contribution in [-0.4, -0.2) is 73.7 Å². The van der Waals surface area contributed by atoms with Crippen molar-refractivity contribution in [3.05, 3.63) is 0 Å². The van der Waals surface area contributed by atoms with E-state index in [0.29, 0.717) is 13.2 Å². The molecule has 0 aromatic heterocycles. The van der Waals surface area contributed by atoms with Crippen LogP contribution in [0.25, 0.3) is 0 Å². The standard InChI is InChI=1S/C15H29N3O2/c1-5-6-16-13-10-20-9-12(13)14(19)18-8-7-17(4)15(2,3)11-18/h12-13,16H,5-11H2,1-4H3. The molecule has 0 aromatic rings. The van der Waals surface area contributed by atoms with Crippen molar-refractivity contribution in [1.29, 1.82) is 0 Å². The Morgan fingerprint density at radius 3 is 2.75 bits per heavy atom. The van der Waals surface area contributed by atoms with Crippen molar-refractivity contribution in [3.8, 4) is 0 Å². The lowest BCUT2D eigenvalue weighted by Crippen LogP contribution is -2.60. The molecule has 116 valence electrons. The van der Waals surface area contributed by atoms with Crippen molar-refractivity contribution in [2.45, 2.75) is 38.8 Å². The van der Waals surface area contributed by atoms with Crippen molar-refractivity contribution in [2.75, 3.05) is 46.4 Å². The van der Waals surface area contributed by atoms with Crippen LogP contribution in [0.3, 0.4) is 0 Å². The van der Waals surface area contributed by atoms with Crippen LogP contribution in [0.4, 0.5) is 0 Å². The molecule has 2 unspecified atom stereocenters. The maximum absolute atomic E-state index is 12.8. The lowest BCUT2D eigenvalue weighted by Gasteiger charge is -2.46. The van der Waals surface area contributed by atoms with Crippen molar-refractivity contribution < 1.29 is 9.53 Å². The number of carbonyl (C=O) groups is 1. The fraction of sp³-hybridized carbons (Fsp3) is 0.933. The molecule has 2 aliphatic rings. The molecular formula is C15H29N3O2. The zero-order chi connectivity index (χ0) is 14.8. The first-order valence-electron chi connectivity index (χ1n) is 7.77. The number of nitrogens with one attached hydrogen (secondary N) is 1. The molecule has 0 saturated carbocycles. The van der Waals surface area contributed by atoms with Gasteiger partial charge in [0.2, 0.25) is 5.91 Å². The number of rotatable bonds is 4. The van der Waals surface area contributed by atoms with E-state index in [2.05, 4.69) is 38.0 Å². The van der Waals surface area contributed by atoms with Gasteiger partial charge < -0.3 is 15.0 Å². The second kappa shape index (κ2) is 6.41. The van der Waals surface area contributed by atoms with Crippen molar-refractivity contribution >= 4 is 5.91 Å². The number of likely N-dealkylation sites (N-methyl/N-ethyl adjacent to an activating group) is 1. The third kappa shape index (κ3) is 3.32. The summed E-state index contributed by atoms with van der Waals surface area (Å²) in [6.07, 6.45) is 1.08. The summed E-state index contributed by atoms with van der Waals surface area (Å²) in [5.74, 6) is 0.248. The lowest BCUT2D eigenvalue weighted by atomic mass is 9.96. The average Bonchev–Trinajstić information content (AvgIpc) is 2.87. The van der Waals surface area contributed by atoms with E-state index in [-0.39, 0.29) is 23.4 Å². The molecule has 2 heterocycles. The minimum atomic E-state index is -0.0132. The Hall–Kier alpha value is -0.650. The number of hydrogen-bond donors (Lipinski definition) is 1. The molecular weight excluding hydrogens is 254 g/mol. The topological polar surface area (TPSA) is 44.8 Å². The van der Waals surface area contributed by atoms with Gasteiger partial charge in [-0.1, -0.05) is 6.92 Å². The maximum Gasteiger partial charge on any atom is 0.229 e. The number of carbonyl (C=O) groups excluding carboxylic acids is 1. The number of ether oxygens (including phenoxy) is 1. The van der Waals surface area contributed by atoms with Crippen LogP contribution in [0.15, 0.2) is 0 Å². The van der Waals surface area contributed by atoms with Gasteiger partial charge >= 0.3 is 0 Å². The Kier molecular flexibility index (Phi) is 5.04. The van der Waals surface area contributed by atoms with Crippen LogP contribution in [0.1, 0.15) is 27.2 Å². The monoisotopic (exact) mass is 283 g/mol. The fourth-order valence-corrected chi connectivity index (χ4v) is 2.99. The first-order chi connectivity index (χ1) is 9.45. The molecule has 5 heteroatoms. The van der Waals surface area contributed by atoms with Crippen molar-refractivity contribution in [2.24, 2.45) is 5.92 Å². The van der Waals surface area contributed by atoms with Crippen LogP contribution in [-0.2, 0) is 9.53 Å². The van der Waals surface area contributed by atoms with Gasteiger partial charge in [0.15, 0.2) is 0 Å². The number of nitrogens with zero attached hydrogens (tertiary/aromatic N) is 2. The largest absolute Gasteiger partial charge is 0.379 e. The van der Waals surface area contributed by atoms with E-state index in [1.165, 1.54) is 0 Å². The van der Waals surface area contributed by atoms with Gasteiger partial charge in [-0.15, -0.1) is 0 Å². The minimum Gasteiger partial charge on any atom is -0.379 e. The zero-order valence-electron chi connectivity index (χ0n) is 13.3. The van der Waals surface area contributed by atoms with Gasteiger partial charge in [-0.2, -0.15) is 0 Å². The van der Waals surface area contributed by atoms with E-state index in [1.54, 1.807) is 0 Å². The number of amides is 1. The van der Waals surface area contributed by atoms with Gasteiger partial charge in [-0.3, -0.25) is 9.69 Å². The van der Waals surface area contributed by atoms with E-state index in [1.807, 2.05) is 4.90 Å².